The van der Waals surface area contributed by atoms with Crippen LogP contribution in [0.15, 0.2) is 22.9 Å². The van der Waals surface area contributed by atoms with Crippen LogP contribution in [0, 0.1) is 34.5 Å². The van der Waals surface area contributed by atoms with Gasteiger partial charge in [-0.05, 0) is 110 Å². The van der Waals surface area contributed by atoms with E-state index in [0.29, 0.717) is 46.3 Å². The number of allylic oxidation sites excluding steroid dienone is 1. The van der Waals surface area contributed by atoms with Gasteiger partial charge in [0.1, 0.15) is 0 Å². The zero-order chi connectivity index (χ0) is 25.0. The van der Waals surface area contributed by atoms with Crippen molar-refractivity contribution < 1.29 is 24.5 Å². The van der Waals surface area contributed by atoms with Crippen molar-refractivity contribution in [3.05, 3.63) is 23.3 Å². The van der Waals surface area contributed by atoms with E-state index in [0.717, 1.165) is 49.0 Å². The summed E-state index contributed by atoms with van der Waals surface area (Å²) in [5.41, 5.74) is 3.12. The van der Waals surface area contributed by atoms with Crippen LogP contribution < -0.4 is 14.2 Å². The van der Waals surface area contributed by atoms with Gasteiger partial charge in [0.15, 0.2) is 11.5 Å². The van der Waals surface area contributed by atoms with E-state index in [-0.39, 0.29) is 11.5 Å². The summed E-state index contributed by atoms with van der Waals surface area (Å²) in [4.78, 5) is 0. The number of hydrogen-bond donors (Lipinski definition) is 2. The number of aliphatic hydroxyl groups excluding tert-OH is 1. The monoisotopic (exact) mass is 483 g/mol. The third-order valence-corrected chi connectivity index (χ3v) is 10.4. The second kappa shape index (κ2) is 9.02. The van der Waals surface area contributed by atoms with Gasteiger partial charge in [-0.15, -0.1) is 0 Å². The molecule has 4 aliphatic rings. The van der Waals surface area contributed by atoms with E-state index < -0.39 is 0 Å². The highest BCUT2D eigenvalue weighted by Gasteiger charge is 2.60. The predicted molar refractivity (Wildman–Crippen MR) is 136 cm³/mol. The van der Waals surface area contributed by atoms with Crippen LogP contribution >= 0.6 is 0 Å². The molecule has 6 nitrogen and oxygen atoms in total. The third kappa shape index (κ3) is 3.75. The molecule has 0 radical (unpaired) electrons. The molecule has 192 valence electrons. The zero-order valence-corrected chi connectivity index (χ0v) is 21.8. The smallest absolute Gasteiger partial charge is 0.203 e. The number of benzene rings is 1. The Balaban J connectivity index is 1.49. The summed E-state index contributed by atoms with van der Waals surface area (Å²) < 4.78 is 16.6. The number of rotatable bonds is 4. The summed E-state index contributed by atoms with van der Waals surface area (Å²) in [5.74, 6) is 4.25. The number of methoxy groups -OCH3 is 3. The lowest BCUT2D eigenvalue weighted by molar-refractivity contribution is -0.113. The molecule has 1 aromatic rings. The molecule has 4 fully saturated rings. The Morgan fingerprint density at radius 1 is 0.943 bits per heavy atom. The number of hydrogen-bond acceptors (Lipinski definition) is 6. The van der Waals surface area contributed by atoms with Crippen molar-refractivity contribution in [1.82, 2.24) is 0 Å². The average Bonchev–Trinajstić information content (AvgIpc) is 3.14. The first kappa shape index (κ1) is 24.5. The fourth-order valence-electron chi connectivity index (χ4n) is 8.62. The van der Waals surface area contributed by atoms with E-state index in [1.165, 1.54) is 19.3 Å². The molecule has 2 N–H and O–H groups in total. The summed E-state index contributed by atoms with van der Waals surface area (Å²) >= 11 is 0. The fraction of sp³-hybridized carbons (Fsp3) is 0.690. The average molecular weight is 484 g/mol. The Morgan fingerprint density at radius 3 is 2.29 bits per heavy atom. The van der Waals surface area contributed by atoms with E-state index in [2.05, 4.69) is 25.1 Å². The largest absolute Gasteiger partial charge is 0.493 e. The van der Waals surface area contributed by atoms with E-state index in [4.69, 9.17) is 14.2 Å². The minimum Gasteiger partial charge on any atom is -0.493 e. The molecule has 1 aromatic carbocycles. The van der Waals surface area contributed by atoms with Crippen molar-refractivity contribution in [2.75, 3.05) is 21.3 Å². The van der Waals surface area contributed by atoms with Crippen LogP contribution in [0.1, 0.15) is 70.8 Å². The molecule has 0 aromatic heterocycles. The summed E-state index contributed by atoms with van der Waals surface area (Å²) in [6.45, 7) is 4.82. The van der Waals surface area contributed by atoms with Crippen molar-refractivity contribution in [2.24, 2.45) is 39.7 Å². The Bertz CT molecular complexity index is 1010. The quantitative estimate of drug-likeness (QED) is 0.409. The highest BCUT2D eigenvalue weighted by atomic mass is 16.5. The Hall–Kier alpha value is -2.21. The summed E-state index contributed by atoms with van der Waals surface area (Å²) in [6.07, 6.45) is 10.6. The maximum Gasteiger partial charge on any atom is 0.203 e. The van der Waals surface area contributed by atoms with Crippen molar-refractivity contribution >= 4 is 11.8 Å². The first-order valence-electron chi connectivity index (χ1n) is 13.2. The molecule has 6 heteroatoms. The van der Waals surface area contributed by atoms with Crippen LogP contribution in [0.25, 0.3) is 6.08 Å². The minimum atomic E-state index is -0.119. The first-order chi connectivity index (χ1) is 16.8. The SMILES string of the molecule is COc1cc(/C=C2\C[C@H]3[C@@H]4CC[C@H]5C[C@@H](O)CC[C@]5(C)[C@H]4CC[C@]3(C)\C2=N\O)cc(OC)c1OC. The van der Waals surface area contributed by atoms with E-state index in [1.54, 1.807) is 21.3 Å². The second-order valence-electron chi connectivity index (χ2n) is 11.8. The van der Waals surface area contributed by atoms with Crippen LogP contribution in [0.2, 0.25) is 0 Å². The molecule has 0 saturated heterocycles. The van der Waals surface area contributed by atoms with Gasteiger partial charge in [-0.2, -0.15) is 0 Å². The molecule has 0 unspecified atom stereocenters. The molecule has 0 amide bonds. The van der Waals surface area contributed by atoms with Gasteiger partial charge in [0.2, 0.25) is 5.75 Å². The number of aliphatic hydroxyl groups is 1. The molecule has 0 aliphatic heterocycles. The number of ether oxygens (including phenoxy) is 3. The molecule has 5 rings (SSSR count). The molecule has 0 spiro atoms. The lowest BCUT2D eigenvalue weighted by Gasteiger charge is -2.60. The molecular formula is C29H41NO5. The summed E-state index contributed by atoms with van der Waals surface area (Å²) in [7, 11) is 4.86. The number of oxime groups is 1. The van der Waals surface area contributed by atoms with Crippen LogP contribution in [0.3, 0.4) is 0 Å². The highest BCUT2D eigenvalue weighted by molar-refractivity contribution is 6.09. The highest BCUT2D eigenvalue weighted by Crippen LogP contribution is 2.66. The van der Waals surface area contributed by atoms with Gasteiger partial charge < -0.3 is 24.5 Å². The molecule has 0 heterocycles. The van der Waals surface area contributed by atoms with Gasteiger partial charge in [-0.3, -0.25) is 0 Å². The lowest BCUT2D eigenvalue weighted by Crippen LogP contribution is -2.54. The van der Waals surface area contributed by atoms with Gasteiger partial charge >= 0.3 is 0 Å². The maximum atomic E-state index is 10.3. The molecule has 4 saturated carbocycles. The van der Waals surface area contributed by atoms with E-state index in [1.807, 2.05) is 12.1 Å². The van der Waals surface area contributed by atoms with Crippen molar-refractivity contribution in [3.63, 3.8) is 0 Å². The first-order valence-corrected chi connectivity index (χ1v) is 13.2. The second-order valence-corrected chi connectivity index (χ2v) is 11.8. The van der Waals surface area contributed by atoms with Crippen molar-refractivity contribution in [1.29, 1.82) is 0 Å². The zero-order valence-electron chi connectivity index (χ0n) is 21.8. The fourth-order valence-corrected chi connectivity index (χ4v) is 8.62. The Kier molecular flexibility index (Phi) is 6.31. The Labute approximate surface area is 209 Å². The molecule has 35 heavy (non-hydrogen) atoms. The third-order valence-electron chi connectivity index (χ3n) is 10.4. The van der Waals surface area contributed by atoms with Crippen molar-refractivity contribution in [3.8, 4) is 17.2 Å². The maximum absolute atomic E-state index is 10.3. The summed E-state index contributed by atoms with van der Waals surface area (Å²) in [5, 5.41) is 24.5. The van der Waals surface area contributed by atoms with E-state index >= 15 is 0 Å². The lowest BCUT2D eigenvalue weighted by atomic mass is 9.45. The van der Waals surface area contributed by atoms with Crippen LogP contribution in [0.4, 0.5) is 0 Å². The standard InChI is InChI=1S/C29H41NO5/c1-28-10-8-20(31)16-19(28)6-7-21-22(28)9-11-29(2)23(21)15-18(27(29)30-32)12-17-13-24(33-3)26(35-5)25(14-17)34-4/h12-14,19-23,31-32H,6-11,15-16H2,1-5H3/b18-12+,30-27+/t19-,20-,21+,22-,23-,28-,29-/m0/s1. The van der Waals surface area contributed by atoms with Gasteiger partial charge in [0.05, 0.1) is 33.1 Å². The van der Waals surface area contributed by atoms with Crippen LogP contribution in [0.5, 0.6) is 17.2 Å². The molecular weight excluding hydrogens is 442 g/mol. The topological polar surface area (TPSA) is 80.5 Å². The Morgan fingerprint density at radius 2 is 1.66 bits per heavy atom. The summed E-state index contributed by atoms with van der Waals surface area (Å²) in [6, 6.07) is 3.91. The van der Waals surface area contributed by atoms with Gasteiger partial charge in [-0.1, -0.05) is 19.0 Å². The predicted octanol–water partition coefficient (Wildman–Crippen LogP) is 5.94. The van der Waals surface area contributed by atoms with Gasteiger partial charge in [0.25, 0.3) is 0 Å². The molecule has 7 atom stereocenters. The van der Waals surface area contributed by atoms with Gasteiger partial charge in [-0.25, -0.2) is 0 Å². The van der Waals surface area contributed by atoms with Crippen LogP contribution in [-0.4, -0.2) is 43.5 Å². The minimum absolute atomic E-state index is 0.111. The van der Waals surface area contributed by atoms with Gasteiger partial charge in [0, 0.05) is 5.41 Å². The normalized spacial score (nSPS) is 40.7. The van der Waals surface area contributed by atoms with Crippen molar-refractivity contribution in [2.45, 2.75) is 71.3 Å². The van der Waals surface area contributed by atoms with Crippen LogP contribution in [-0.2, 0) is 0 Å². The van der Waals surface area contributed by atoms with E-state index in [9.17, 15) is 10.3 Å². The molecule has 4 aliphatic carbocycles. The number of nitrogens with zero attached hydrogens (tertiary/aromatic N) is 1. The molecule has 0 bridgehead atoms. The number of fused-ring (bicyclic) bond motifs is 5.